The summed E-state index contributed by atoms with van der Waals surface area (Å²) in [5.74, 6) is -0.707. The van der Waals surface area contributed by atoms with Gasteiger partial charge >= 0.3 is 5.97 Å². The minimum absolute atomic E-state index is 0.357. The Bertz CT molecular complexity index is 436. The van der Waals surface area contributed by atoms with Gasteiger partial charge in [0, 0.05) is 30.6 Å². The van der Waals surface area contributed by atoms with Gasteiger partial charge in [0.1, 0.15) is 5.41 Å². The van der Waals surface area contributed by atoms with Crippen LogP contribution in [-0.4, -0.2) is 41.8 Å². The van der Waals surface area contributed by atoms with Crippen molar-refractivity contribution in [3.8, 4) is 0 Å². The van der Waals surface area contributed by atoms with Gasteiger partial charge in [0.2, 0.25) is 0 Å². The highest BCUT2D eigenvalue weighted by Crippen LogP contribution is 2.36. The van der Waals surface area contributed by atoms with E-state index < -0.39 is 11.4 Å². The van der Waals surface area contributed by atoms with Gasteiger partial charge in [0.15, 0.2) is 0 Å². The molecule has 4 nitrogen and oxygen atoms in total. The van der Waals surface area contributed by atoms with Gasteiger partial charge in [0.25, 0.3) is 0 Å². The van der Waals surface area contributed by atoms with Crippen molar-refractivity contribution in [1.29, 1.82) is 0 Å². The van der Waals surface area contributed by atoms with Crippen LogP contribution < -0.4 is 0 Å². The van der Waals surface area contributed by atoms with Gasteiger partial charge in [-0.2, -0.15) is 0 Å². The van der Waals surface area contributed by atoms with Crippen LogP contribution in [0, 0.1) is 5.41 Å². The minimum atomic E-state index is -0.707. The molecule has 1 aromatic rings. The van der Waals surface area contributed by atoms with Crippen LogP contribution in [-0.2, 0) is 16.1 Å². The number of thiophene rings is 1. The third-order valence-electron chi connectivity index (χ3n) is 4.07. The lowest BCUT2D eigenvalue weighted by molar-refractivity contribution is -0.150. The molecule has 2 aliphatic rings. The molecule has 1 unspecified atom stereocenters. The molecule has 1 saturated heterocycles. The molecular weight excluding hydrogens is 262 g/mol. The molecule has 1 atom stereocenters. The Morgan fingerprint density at radius 2 is 2.42 bits per heavy atom. The van der Waals surface area contributed by atoms with Crippen LogP contribution >= 0.6 is 11.3 Å². The minimum Gasteiger partial charge on any atom is -0.481 e. The number of nitrogens with zero attached hydrogens (tertiary/aromatic N) is 1. The molecule has 1 aliphatic carbocycles. The molecule has 3 rings (SSSR count). The normalized spacial score (nSPS) is 27.0. The molecule has 0 spiro atoms. The number of hydrogen-bond donors (Lipinski definition) is 1. The van der Waals surface area contributed by atoms with E-state index >= 15 is 0 Å². The average molecular weight is 281 g/mol. The first-order valence-corrected chi connectivity index (χ1v) is 7.65. The summed E-state index contributed by atoms with van der Waals surface area (Å²) >= 11 is 1.74. The van der Waals surface area contributed by atoms with Crippen molar-refractivity contribution < 1.29 is 14.6 Å². The number of carboxylic acids is 1. The smallest absolute Gasteiger partial charge is 0.313 e. The zero-order valence-corrected chi connectivity index (χ0v) is 11.7. The molecule has 1 N–H and O–H groups in total. The second kappa shape index (κ2) is 5.23. The van der Waals surface area contributed by atoms with Crippen LogP contribution in [0.5, 0.6) is 0 Å². The summed E-state index contributed by atoms with van der Waals surface area (Å²) in [5.41, 5.74) is -0.695. The Labute approximate surface area is 117 Å². The fourth-order valence-electron chi connectivity index (χ4n) is 2.71. The maximum absolute atomic E-state index is 11.6. The Morgan fingerprint density at radius 3 is 2.95 bits per heavy atom. The highest BCUT2D eigenvalue weighted by molar-refractivity contribution is 7.09. The van der Waals surface area contributed by atoms with E-state index in [9.17, 15) is 9.90 Å². The maximum Gasteiger partial charge on any atom is 0.313 e. The summed E-state index contributed by atoms with van der Waals surface area (Å²) in [5, 5.41) is 11.6. The quantitative estimate of drug-likeness (QED) is 0.868. The predicted octanol–water partition coefficient (Wildman–Crippen LogP) is 2.20. The summed E-state index contributed by atoms with van der Waals surface area (Å²) in [6.45, 7) is 2.42. The lowest BCUT2D eigenvalue weighted by Gasteiger charge is -2.31. The molecule has 0 amide bonds. The van der Waals surface area contributed by atoms with Crippen molar-refractivity contribution in [2.24, 2.45) is 5.41 Å². The van der Waals surface area contributed by atoms with Gasteiger partial charge in [-0.25, -0.2) is 0 Å². The highest BCUT2D eigenvalue weighted by atomic mass is 32.1. The Balaban J connectivity index is 1.71. The van der Waals surface area contributed by atoms with Gasteiger partial charge in [-0.05, 0) is 30.7 Å². The van der Waals surface area contributed by atoms with Crippen molar-refractivity contribution in [2.45, 2.75) is 31.8 Å². The zero-order valence-electron chi connectivity index (χ0n) is 10.9. The van der Waals surface area contributed by atoms with E-state index in [0.717, 1.165) is 6.54 Å². The van der Waals surface area contributed by atoms with Crippen molar-refractivity contribution in [3.63, 3.8) is 0 Å². The predicted molar refractivity (Wildman–Crippen MR) is 73.3 cm³/mol. The van der Waals surface area contributed by atoms with E-state index in [1.807, 2.05) is 0 Å². The third-order valence-corrected chi connectivity index (χ3v) is 4.93. The Kier molecular flexibility index (Phi) is 3.60. The standard InChI is InChI=1S/C14H19NO3S/c16-13(17)14(5-6-18-10-14)9-15(11-3-4-11)8-12-2-1-7-19-12/h1-2,7,11H,3-6,8-10H2,(H,16,17). The second-order valence-corrected chi connectivity index (χ2v) is 6.64. The molecule has 1 aliphatic heterocycles. The summed E-state index contributed by atoms with van der Waals surface area (Å²) in [7, 11) is 0. The van der Waals surface area contributed by atoms with Crippen LogP contribution in [0.2, 0.25) is 0 Å². The Morgan fingerprint density at radius 1 is 1.58 bits per heavy atom. The van der Waals surface area contributed by atoms with E-state index in [-0.39, 0.29) is 0 Å². The molecule has 2 heterocycles. The monoisotopic (exact) mass is 281 g/mol. The maximum atomic E-state index is 11.6. The van der Waals surface area contributed by atoms with Crippen molar-refractivity contribution in [2.75, 3.05) is 19.8 Å². The fraction of sp³-hybridized carbons (Fsp3) is 0.643. The largest absolute Gasteiger partial charge is 0.481 e. The van der Waals surface area contributed by atoms with E-state index in [1.165, 1.54) is 17.7 Å². The molecule has 2 fully saturated rings. The highest BCUT2D eigenvalue weighted by Gasteiger charge is 2.46. The molecular formula is C14H19NO3S. The molecule has 0 bridgehead atoms. The summed E-state index contributed by atoms with van der Waals surface area (Å²) in [6.07, 6.45) is 3.03. The van der Waals surface area contributed by atoms with Gasteiger partial charge in [-0.15, -0.1) is 11.3 Å². The lowest BCUT2D eigenvalue weighted by atomic mass is 9.86. The number of carboxylic acid groups (broad SMARTS) is 1. The van der Waals surface area contributed by atoms with Gasteiger partial charge in [-0.1, -0.05) is 6.07 Å². The van der Waals surface area contributed by atoms with E-state index in [0.29, 0.717) is 32.2 Å². The van der Waals surface area contributed by atoms with Crippen LogP contribution in [0.25, 0.3) is 0 Å². The molecule has 1 saturated carbocycles. The van der Waals surface area contributed by atoms with E-state index in [2.05, 4.69) is 22.4 Å². The van der Waals surface area contributed by atoms with Gasteiger partial charge in [-0.3, -0.25) is 9.69 Å². The number of ether oxygens (including phenoxy) is 1. The van der Waals surface area contributed by atoms with Crippen molar-refractivity contribution >= 4 is 17.3 Å². The Hall–Kier alpha value is -0.910. The van der Waals surface area contributed by atoms with Crippen LogP contribution in [0.1, 0.15) is 24.1 Å². The first-order chi connectivity index (χ1) is 9.20. The topological polar surface area (TPSA) is 49.8 Å². The van der Waals surface area contributed by atoms with Crippen molar-refractivity contribution in [3.05, 3.63) is 22.4 Å². The fourth-order valence-corrected chi connectivity index (χ4v) is 3.44. The van der Waals surface area contributed by atoms with E-state index in [1.54, 1.807) is 11.3 Å². The van der Waals surface area contributed by atoms with Gasteiger partial charge in [0.05, 0.1) is 6.61 Å². The van der Waals surface area contributed by atoms with Crippen LogP contribution in [0.3, 0.4) is 0 Å². The first kappa shape index (κ1) is 13.1. The number of carbonyl (C=O) groups is 1. The number of hydrogen-bond acceptors (Lipinski definition) is 4. The van der Waals surface area contributed by atoms with Crippen LogP contribution in [0.4, 0.5) is 0 Å². The molecule has 104 valence electrons. The SMILES string of the molecule is O=C(O)C1(CN(Cc2cccs2)C2CC2)CCOC1. The number of rotatable bonds is 6. The van der Waals surface area contributed by atoms with Crippen molar-refractivity contribution in [1.82, 2.24) is 4.90 Å². The third kappa shape index (κ3) is 2.83. The zero-order chi connectivity index (χ0) is 13.3. The molecule has 0 aromatic carbocycles. The van der Waals surface area contributed by atoms with Gasteiger partial charge < -0.3 is 9.84 Å². The molecule has 1 aromatic heterocycles. The summed E-state index contributed by atoms with van der Waals surface area (Å²) < 4.78 is 5.35. The average Bonchev–Trinajstić information content (AvgIpc) is 2.90. The molecule has 5 heteroatoms. The van der Waals surface area contributed by atoms with E-state index in [4.69, 9.17) is 4.74 Å². The number of aliphatic carboxylic acids is 1. The molecule has 0 radical (unpaired) electrons. The van der Waals surface area contributed by atoms with Crippen LogP contribution in [0.15, 0.2) is 17.5 Å². The molecule has 19 heavy (non-hydrogen) atoms. The lowest BCUT2D eigenvalue weighted by Crippen LogP contribution is -2.44. The second-order valence-electron chi connectivity index (χ2n) is 5.60. The summed E-state index contributed by atoms with van der Waals surface area (Å²) in [6, 6.07) is 4.74. The summed E-state index contributed by atoms with van der Waals surface area (Å²) in [4.78, 5) is 15.3. The first-order valence-electron chi connectivity index (χ1n) is 6.77.